The number of carbonyl (C=O) groups is 2. The van der Waals surface area contributed by atoms with Crippen LogP contribution < -0.4 is 4.90 Å². The van der Waals surface area contributed by atoms with Crippen LogP contribution in [0.2, 0.25) is 5.02 Å². The molecule has 2 heterocycles. The molecule has 1 fully saturated rings. The van der Waals surface area contributed by atoms with Gasteiger partial charge >= 0.3 is 5.97 Å². The Hall–Kier alpha value is -2.86. The van der Waals surface area contributed by atoms with Crippen LogP contribution in [-0.2, 0) is 14.3 Å². The third-order valence-electron chi connectivity index (χ3n) is 4.77. The molecular weight excluding hydrogens is 380 g/mol. The zero-order valence-electron chi connectivity index (χ0n) is 15.6. The molecule has 144 valence electrons. The fourth-order valence-electron chi connectivity index (χ4n) is 3.37. The summed E-state index contributed by atoms with van der Waals surface area (Å²) in [5.41, 5.74) is 3.80. The predicted octanol–water partition coefficient (Wildman–Crippen LogP) is 4.37. The second-order valence-electron chi connectivity index (χ2n) is 6.81. The van der Waals surface area contributed by atoms with Gasteiger partial charge in [-0.2, -0.15) is 0 Å². The zero-order valence-corrected chi connectivity index (χ0v) is 16.3. The Labute approximate surface area is 167 Å². The molecule has 0 unspecified atom stereocenters. The van der Waals surface area contributed by atoms with E-state index in [0.717, 1.165) is 11.1 Å². The highest BCUT2D eigenvalue weighted by Gasteiger charge is 2.37. The third-order valence-corrected chi connectivity index (χ3v) is 5.09. The minimum Gasteiger partial charge on any atom is -0.466 e. The molecule has 1 saturated heterocycles. The number of aryl methyl sites for hydroxylation is 1. The third kappa shape index (κ3) is 3.36. The van der Waals surface area contributed by atoms with Crippen LogP contribution in [0.1, 0.15) is 18.9 Å². The minimum atomic E-state index is -0.487. The monoisotopic (exact) mass is 398 g/mol. The number of rotatable bonds is 4. The molecule has 7 heteroatoms. The van der Waals surface area contributed by atoms with Gasteiger partial charge in [0, 0.05) is 18.5 Å². The lowest BCUT2D eigenvalue weighted by Crippen LogP contribution is -2.26. The van der Waals surface area contributed by atoms with Gasteiger partial charge in [-0.15, -0.1) is 0 Å². The van der Waals surface area contributed by atoms with Crippen molar-refractivity contribution in [1.82, 2.24) is 4.98 Å². The fourth-order valence-corrected chi connectivity index (χ4v) is 3.59. The number of fused-ring (bicyclic) bond motifs is 1. The molecule has 1 aliphatic rings. The molecule has 0 radical (unpaired) electrons. The van der Waals surface area contributed by atoms with Crippen molar-refractivity contribution in [3.8, 4) is 11.5 Å². The van der Waals surface area contributed by atoms with Gasteiger partial charge in [-0.05, 0) is 49.7 Å². The van der Waals surface area contributed by atoms with Gasteiger partial charge in [0.05, 0.1) is 23.2 Å². The molecular formula is C21H19ClN2O4. The first-order chi connectivity index (χ1) is 13.5. The highest BCUT2D eigenvalue weighted by Crippen LogP contribution is 2.36. The number of hydrogen-bond acceptors (Lipinski definition) is 5. The topological polar surface area (TPSA) is 72.6 Å². The van der Waals surface area contributed by atoms with Gasteiger partial charge in [-0.25, -0.2) is 4.98 Å². The molecule has 6 nitrogen and oxygen atoms in total. The number of aromatic nitrogens is 1. The number of esters is 1. The van der Waals surface area contributed by atoms with Crippen LogP contribution in [0.4, 0.5) is 5.69 Å². The van der Waals surface area contributed by atoms with Crippen LogP contribution in [0.5, 0.6) is 0 Å². The molecule has 1 amide bonds. The number of anilines is 1. The summed E-state index contributed by atoms with van der Waals surface area (Å²) in [6.07, 6.45) is 0.113. The minimum absolute atomic E-state index is 0.113. The van der Waals surface area contributed by atoms with Gasteiger partial charge in [-0.3, -0.25) is 9.59 Å². The van der Waals surface area contributed by atoms with Crippen LogP contribution in [0.3, 0.4) is 0 Å². The van der Waals surface area contributed by atoms with E-state index >= 15 is 0 Å². The van der Waals surface area contributed by atoms with E-state index in [1.165, 1.54) is 4.90 Å². The summed E-state index contributed by atoms with van der Waals surface area (Å²) in [7, 11) is 0. The maximum Gasteiger partial charge on any atom is 0.311 e. The van der Waals surface area contributed by atoms with Crippen LogP contribution >= 0.6 is 11.6 Å². The summed E-state index contributed by atoms with van der Waals surface area (Å²) in [4.78, 5) is 30.6. The number of carbonyl (C=O) groups excluding carboxylic acids is 2. The van der Waals surface area contributed by atoms with Gasteiger partial charge in [0.2, 0.25) is 11.8 Å². The number of benzene rings is 2. The van der Waals surface area contributed by atoms with E-state index in [1.807, 2.05) is 25.1 Å². The summed E-state index contributed by atoms with van der Waals surface area (Å²) in [6.45, 7) is 4.27. The normalized spacial score (nSPS) is 16.8. The Bertz CT molecular complexity index is 1080. The highest BCUT2D eigenvalue weighted by atomic mass is 35.5. The summed E-state index contributed by atoms with van der Waals surface area (Å²) in [6, 6.07) is 11.1. The molecule has 1 atom stereocenters. The Kier molecular flexibility index (Phi) is 4.81. The van der Waals surface area contributed by atoms with E-state index in [9.17, 15) is 9.59 Å². The predicted molar refractivity (Wildman–Crippen MR) is 106 cm³/mol. The van der Waals surface area contributed by atoms with E-state index < -0.39 is 5.92 Å². The molecule has 1 aromatic heterocycles. The number of amides is 1. The van der Waals surface area contributed by atoms with Crippen LogP contribution in [0, 0.1) is 12.8 Å². The van der Waals surface area contributed by atoms with E-state index in [-0.39, 0.29) is 31.4 Å². The van der Waals surface area contributed by atoms with Crippen LogP contribution in [-0.4, -0.2) is 30.0 Å². The maximum atomic E-state index is 12.5. The summed E-state index contributed by atoms with van der Waals surface area (Å²) in [5, 5.41) is 0.425. The smallest absolute Gasteiger partial charge is 0.311 e. The zero-order chi connectivity index (χ0) is 19.8. The van der Waals surface area contributed by atoms with Gasteiger partial charge in [0.25, 0.3) is 0 Å². The SMILES string of the molecule is CCOC(=O)[C@@H]1CC(=O)N(c2cc(-c3nc4cc(C)ccc4o3)ccc2Cl)C1. The second kappa shape index (κ2) is 7.28. The first-order valence-corrected chi connectivity index (χ1v) is 9.48. The number of ether oxygens (including phenoxy) is 1. The molecule has 0 saturated carbocycles. The molecule has 0 N–H and O–H groups in total. The first kappa shape index (κ1) is 18.5. The molecule has 4 rings (SSSR count). The van der Waals surface area contributed by atoms with Gasteiger partial charge in [-0.1, -0.05) is 17.7 Å². The number of hydrogen-bond donors (Lipinski definition) is 0. The lowest BCUT2D eigenvalue weighted by molar-refractivity contribution is -0.147. The molecule has 0 spiro atoms. The largest absolute Gasteiger partial charge is 0.466 e. The Balaban J connectivity index is 1.67. The van der Waals surface area contributed by atoms with Crippen LogP contribution in [0.15, 0.2) is 40.8 Å². The van der Waals surface area contributed by atoms with Crippen molar-refractivity contribution in [1.29, 1.82) is 0 Å². The van der Waals surface area contributed by atoms with Gasteiger partial charge in [0.1, 0.15) is 5.52 Å². The van der Waals surface area contributed by atoms with Crippen molar-refractivity contribution in [3.63, 3.8) is 0 Å². The number of halogens is 1. The lowest BCUT2D eigenvalue weighted by atomic mass is 10.1. The summed E-state index contributed by atoms with van der Waals surface area (Å²) < 4.78 is 10.9. The molecule has 2 aromatic carbocycles. The van der Waals surface area contributed by atoms with Crippen molar-refractivity contribution in [2.24, 2.45) is 5.92 Å². The average molecular weight is 399 g/mol. The maximum absolute atomic E-state index is 12.5. The molecule has 3 aromatic rings. The van der Waals surface area contributed by atoms with Crippen molar-refractivity contribution in [3.05, 3.63) is 47.0 Å². The molecule has 1 aliphatic heterocycles. The fraction of sp³-hybridized carbons (Fsp3) is 0.286. The molecule has 0 aliphatic carbocycles. The number of nitrogens with zero attached hydrogens (tertiary/aromatic N) is 2. The molecule has 0 bridgehead atoms. The van der Waals surface area contributed by atoms with Crippen molar-refractivity contribution in [2.75, 3.05) is 18.1 Å². The van der Waals surface area contributed by atoms with E-state index in [1.54, 1.807) is 25.1 Å². The summed E-state index contributed by atoms with van der Waals surface area (Å²) >= 11 is 6.36. The van der Waals surface area contributed by atoms with Crippen molar-refractivity contribution in [2.45, 2.75) is 20.3 Å². The summed E-state index contributed by atoms with van der Waals surface area (Å²) in [5.74, 6) is -0.559. The number of oxazole rings is 1. The highest BCUT2D eigenvalue weighted by molar-refractivity contribution is 6.34. The Morgan fingerprint density at radius 2 is 2.14 bits per heavy atom. The van der Waals surface area contributed by atoms with E-state index in [4.69, 9.17) is 20.8 Å². The van der Waals surface area contributed by atoms with Crippen LogP contribution in [0.25, 0.3) is 22.6 Å². The van der Waals surface area contributed by atoms with Gasteiger partial charge in [0.15, 0.2) is 5.58 Å². The van der Waals surface area contributed by atoms with E-state index in [0.29, 0.717) is 27.7 Å². The first-order valence-electron chi connectivity index (χ1n) is 9.10. The lowest BCUT2D eigenvalue weighted by Gasteiger charge is -2.18. The van der Waals surface area contributed by atoms with Gasteiger partial charge < -0.3 is 14.1 Å². The quantitative estimate of drug-likeness (QED) is 0.610. The standard InChI is InChI=1S/C21H19ClN2O4/c1-3-27-21(26)14-10-19(25)24(11-14)17-9-13(5-6-15(17)22)20-23-16-8-12(2)4-7-18(16)28-20/h4-9,14H,3,10-11H2,1-2H3/t14-/m1/s1. The average Bonchev–Trinajstić information content (AvgIpc) is 3.25. The van der Waals surface area contributed by atoms with Crippen molar-refractivity contribution < 1.29 is 18.7 Å². The van der Waals surface area contributed by atoms with E-state index in [2.05, 4.69) is 4.98 Å². The Morgan fingerprint density at radius 3 is 2.93 bits per heavy atom. The Morgan fingerprint density at radius 1 is 1.32 bits per heavy atom. The van der Waals surface area contributed by atoms with Crippen molar-refractivity contribution >= 4 is 40.3 Å². The molecule has 28 heavy (non-hydrogen) atoms. The second-order valence-corrected chi connectivity index (χ2v) is 7.22.